The van der Waals surface area contributed by atoms with Crippen molar-refractivity contribution in [2.45, 2.75) is 26.9 Å². The monoisotopic (exact) mass is 400 g/mol. The van der Waals surface area contributed by atoms with E-state index in [1.54, 1.807) is 13.2 Å². The van der Waals surface area contributed by atoms with Crippen LogP contribution in [0.15, 0.2) is 39.9 Å². The maximum atomic E-state index is 5.50. The topological polar surface area (TPSA) is 62.5 Å². The smallest absolute Gasteiger partial charge is 0.191 e. The van der Waals surface area contributed by atoms with Gasteiger partial charge in [0.15, 0.2) is 5.96 Å². The Bertz CT molecular complexity index is 581. The molecule has 0 radical (unpaired) electrons. The zero-order valence-corrected chi connectivity index (χ0v) is 14.8. The molecule has 0 saturated heterocycles. The molecule has 0 amide bonds. The number of furan rings is 1. The first-order valence-corrected chi connectivity index (χ1v) is 6.59. The molecule has 0 spiro atoms. The van der Waals surface area contributed by atoms with Crippen LogP contribution in [0.25, 0.3) is 0 Å². The highest BCUT2D eigenvalue weighted by atomic mass is 127. The van der Waals surface area contributed by atoms with Crippen LogP contribution >= 0.6 is 24.0 Å². The summed E-state index contributed by atoms with van der Waals surface area (Å²) in [4.78, 5) is 8.45. The molecule has 2 rings (SSSR count). The number of nitrogens with one attached hydrogen (secondary N) is 2. The van der Waals surface area contributed by atoms with Gasteiger partial charge < -0.3 is 15.1 Å². The average molecular weight is 400 g/mol. The Labute approximate surface area is 142 Å². The molecule has 2 aromatic heterocycles. The summed E-state index contributed by atoms with van der Waals surface area (Å²) in [5.74, 6) is 2.61. The SMILES string of the molecule is CN=C(NCc1ccccn1)NCc1cc(C)oc1C.I. The molecule has 21 heavy (non-hydrogen) atoms. The van der Waals surface area contributed by atoms with Gasteiger partial charge in [0.05, 0.1) is 12.2 Å². The fraction of sp³-hybridized carbons (Fsp3) is 0.333. The Hall–Kier alpha value is -1.57. The van der Waals surface area contributed by atoms with Crippen molar-refractivity contribution in [1.82, 2.24) is 15.6 Å². The second kappa shape index (κ2) is 8.66. The molecule has 0 aliphatic carbocycles. The summed E-state index contributed by atoms with van der Waals surface area (Å²) in [6.07, 6.45) is 1.78. The van der Waals surface area contributed by atoms with Crippen LogP contribution in [0.3, 0.4) is 0 Å². The third kappa shape index (κ3) is 5.37. The van der Waals surface area contributed by atoms with E-state index in [0.29, 0.717) is 13.1 Å². The first kappa shape index (κ1) is 17.5. The normalized spacial score (nSPS) is 10.9. The number of hydrogen-bond acceptors (Lipinski definition) is 3. The molecule has 6 heteroatoms. The molecule has 0 aromatic carbocycles. The highest BCUT2D eigenvalue weighted by Gasteiger charge is 2.05. The first-order valence-electron chi connectivity index (χ1n) is 6.59. The van der Waals surface area contributed by atoms with Crippen LogP contribution in [0, 0.1) is 13.8 Å². The van der Waals surface area contributed by atoms with Crippen LogP contribution in [-0.2, 0) is 13.1 Å². The molecule has 5 nitrogen and oxygen atoms in total. The molecule has 2 heterocycles. The summed E-state index contributed by atoms with van der Waals surface area (Å²) >= 11 is 0. The third-order valence-electron chi connectivity index (χ3n) is 2.98. The van der Waals surface area contributed by atoms with Gasteiger partial charge in [0, 0.05) is 25.4 Å². The zero-order chi connectivity index (χ0) is 14.4. The number of rotatable bonds is 4. The molecule has 0 saturated carbocycles. The fourth-order valence-corrected chi connectivity index (χ4v) is 1.94. The van der Waals surface area contributed by atoms with E-state index in [2.05, 4.69) is 20.6 Å². The van der Waals surface area contributed by atoms with E-state index in [9.17, 15) is 0 Å². The van der Waals surface area contributed by atoms with E-state index in [1.165, 1.54) is 0 Å². The number of aromatic nitrogens is 1. The van der Waals surface area contributed by atoms with Gasteiger partial charge in [-0.25, -0.2) is 0 Å². The van der Waals surface area contributed by atoms with Gasteiger partial charge in [-0.05, 0) is 32.0 Å². The molecule has 0 bridgehead atoms. The molecule has 0 aliphatic heterocycles. The van der Waals surface area contributed by atoms with Crippen LogP contribution in [0.2, 0.25) is 0 Å². The fourth-order valence-electron chi connectivity index (χ4n) is 1.94. The molecule has 0 aliphatic rings. The summed E-state index contributed by atoms with van der Waals surface area (Å²) < 4.78 is 5.50. The van der Waals surface area contributed by atoms with Gasteiger partial charge in [-0.1, -0.05) is 6.07 Å². The number of guanidine groups is 1. The van der Waals surface area contributed by atoms with Crippen molar-refractivity contribution in [1.29, 1.82) is 0 Å². The summed E-state index contributed by atoms with van der Waals surface area (Å²) in [7, 11) is 1.75. The number of halogens is 1. The maximum absolute atomic E-state index is 5.50. The summed E-state index contributed by atoms with van der Waals surface area (Å²) in [6, 6.07) is 7.89. The highest BCUT2D eigenvalue weighted by molar-refractivity contribution is 14.0. The number of hydrogen-bond donors (Lipinski definition) is 2. The van der Waals surface area contributed by atoms with Crippen molar-refractivity contribution in [2.75, 3.05) is 7.05 Å². The van der Waals surface area contributed by atoms with Crippen molar-refractivity contribution in [2.24, 2.45) is 4.99 Å². The standard InChI is InChI=1S/C15H20N4O.HI/c1-11-8-13(12(2)20-11)9-18-15(16-3)19-10-14-6-4-5-7-17-14;/h4-8H,9-10H2,1-3H3,(H2,16,18,19);1H. The minimum atomic E-state index is 0. The lowest BCUT2D eigenvalue weighted by atomic mass is 10.2. The Morgan fingerprint density at radius 1 is 1.24 bits per heavy atom. The zero-order valence-electron chi connectivity index (χ0n) is 12.5. The summed E-state index contributed by atoms with van der Waals surface area (Å²) in [5, 5.41) is 6.49. The second-order valence-corrected chi connectivity index (χ2v) is 4.54. The van der Waals surface area contributed by atoms with Crippen LogP contribution in [0.5, 0.6) is 0 Å². The van der Waals surface area contributed by atoms with Crippen molar-refractivity contribution < 1.29 is 4.42 Å². The Morgan fingerprint density at radius 2 is 2.00 bits per heavy atom. The van der Waals surface area contributed by atoms with Crippen molar-refractivity contribution >= 4 is 29.9 Å². The van der Waals surface area contributed by atoms with Gasteiger partial charge in [-0.3, -0.25) is 9.98 Å². The molecule has 0 fully saturated rings. The summed E-state index contributed by atoms with van der Waals surface area (Å²) in [5.41, 5.74) is 2.12. The largest absolute Gasteiger partial charge is 0.466 e. The van der Waals surface area contributed by atoms with Gasteiger partial charge in [0.2, 0.25) is 0 Å². The Kier molecular flexibility index (Phi) is 7.21. The van der Waals surface area contributed by atoms with Gasteiger partial charge in [0.25, 0.3) is 0 Å². The lowest BCUT2D eigenvalue weighted by Crippen LogP contribution is -2.36. The van der Waals surface area contributed by atoms with Crippen LogP contribution in [0.1, 0.15) is 22.8 Å². The van der Waals surface area contributed by atoms with Crippen molar-refractivity contribution in [3.63, 3.8) is 0 Å². The molecule has 0 atom stereocenters. The molecule has 0 unspecified atom stereocenters. The maximum Gasteiger partial charge on any atom is 0.191 e. The highest BCUT2D eigenvalue weighted by Crippen LogP contribution is 2.12. The number of aliphatic imine (C=N–C) groups is 1. The minimum absolute atomic E-state index is 0. The number of aryl methyl sites for hydroxylation is 2. The molecular weight excluding hydrogens is 379 g/mol. The third-order valence-corrected chi connectivity index (χ3v) is 2.98. The molecule has 2 N–H and O–H groups in total. The molecule has 2 aromatic rings. The van der Waals surface area contributed by atoms with Gasteiger partial charge in [-0.2, -0.15) is 0 Å². The van der Waals surface area contributed by atoms with Crippen LogP contribution in [0.4, 0.5) is 0 Å². The quantitative estimate of drug-likeness (QED) is 0.471. The number of pyridine rings is 1. The Balaban J connectivity index is 0.00000220. The first-order chi connectivity index (χ1) is 9.69. The van der Waals surface area contributed by atoms with E-state index in [4.69, 9.17) is 4.42 Å². The summed E-state index contributed by atoms with van der Waals surface area (Å²) in [6.45, 7) is 5.24. The lowest BCUT2D eigenvalue weighted by Gasteiger charge is -2.11. The minimum Gasteiger partial charge on any atom is -0.466 e. The van der Waals surface area contributed by atoms with E-state index >= 15 is 0 Å². The van der Waals surface area contributed by atoms with E-state index in [1.807, 2.05) is 38.1 Å². The second-order valence-electron chi connectivity index (χ2n) is 4.54. The predicted molar refractivity (Wildman–Crippen MR) is 94.9 cm³/mol. The number of nitrogens with zero attached hydrogens (tertiary/aromatic N) is 2. The molecule has 114 valence electrons. The predicted octanol–water partition coefficient (Wildman–Crippen LogP) is 2.77. The van der Waals surface area contributed by atoms with Crippen LogP contribution < -0.4 is 10.6 Å². The Morgan fingerprint density at radius 3 is 2.57 bits per heavy atom. The average Bonchev–Trinajstić information content (AvgIpc) is 2.78. The van der Waals surface area contributed by atoms with E-state index in [0.717, 1.165) is 28.7 Å². The molecular formula is C15H21IN4O. The van der Waals surface area contributed by atoms with E-state index < -0.39 is 0 Å². The lowest BCUT2D eigenvalue weighted by molar-refractivity contribution is 0.500. The van der Waals surface area contributed by atoms with Crippen molar-refractivity contribution in [3.05, 3.63) is 53.2 Å². The van der Waals surface area contributed by atoms with Gasteiger partial charge >= 0.3 is 0 Å². The van der Waals surface area contributed by atoms with Crippen molar-refractivity contribution in [3.8, 4) is 0 Å². The van der Waals surface area contributed by atoms with E-state index in [-0.39, 0.29) is 24.0 Å². The van der Waals surface area contributed by atoms with Crippen LogP contribution in [-0.4, -0.2) is 18.0 Å². The van der Waals surface area contributed by atoms with Gasteiger partial charge in [0.1, 0.15) is 11.5 Å². The van der Waals surface area contributed by atoms with Gasteiger partial charge in [-0.15, -0.1) is 24.0 Å².